The second kappa shape index (κ2) is 5.75. The first kappa shape index (κ1) is 13.4. The van der Waals surface area contributed by atoms with Crippen LogP contribution in [0.25, 0.3) is 0 Å². The first-order valence-electron chi connectivity index (χ1n) is 7.14. The zero-order valence-electron chi connectivity index (χ0n) is 12.2. The van der Waals surface area contributed by atoms with Crippen molar-refractivity contribution in [2.45, 2.75) is 46.2 Å². The summed E-state index contributed by atoms with van der Waals surface area (Å²) in [5.41, 5.74) is 4.20. The number of nitrogens with one attached hydrogen (secondary N) is 1. The smallest absolute Gasteiger partial charge is 0.0398 e. The molecule has 0 saturated carbocycles. The van der Waals surface area contributed by atoms with Gasteiger partial charge in [0.15, 0.2) is 0 Å². The van der Waals surface area contributed by atoms with Crippen LogP contribution in [-0.4, -0.2) is 19.6 Å². The van der Waals surface area contributed by atoms with Gasteiger partial charge < -0.3 is 10.2 Å². The SMILES string of the molecule is CNCc1ccc(N2CCCC(C)C2C)c(C)c1. The highest BCUT2D eigenvalue weighted by atomic mass is 15.2. The van der Waals surface area contributed by atoms with E-state index in [0.717, 1.165) is 12.5 Å². The zero-order valence-corrected chi connectivity index (χ0v) is 12.2. The first-order valence-corrected chi connectivity index (χ1v) is 7.14. The van der Waals surface area contributed by atoms with E-state index in [2.05, 4.69) is 49.2 Å². The summed E-state index contributed by atoms with van der Waals surface area (Å²) in [5.74, 6) is 0.801. The van der Waals surface area contributed by atoms with Crippen LogP contribution in [0.1, 0.15) is 37.8 Å². The minimum Gasteiger partial charge on any atom is -0.368 e. The molecule has 1 saturated heterocycles. The van der Waals surface area contributed by atoms with Gasteiger partial charge in [0.05, 0.1) is 0 Å². The Hall–Kier alpha value is -1.02. The van der Waals surface area contributed by atoms with Crippen LogP contribution in [-0.2, 0) is 6.54 Å². The van der Waals surface area contributed by atoms with Gasteiger partial charge in [0.25, 0.3) is 0 Å². The van der Waals surface area contributed by atoms with E-state index in [1.165, 1.54) is 36.2 Å². The molecule has 1 N–H and O–H groups in total. The van der Waals surface area contributed by atoms with Crippen molar-refractivity contribution in [3.05, 3.63) is 29.3 Å². The summed E-state index contributed by atoms with van der Waals surface area (Å²) in [5, 5.41) is 3.21. The first-order chi connectivity index (χ1) is 8.63. The van der Waals surface area contributed by atoms with Gasteiger partial charge >= 0.3 is 0 Å². The van der Waals surface area contributed by atoms with Gasteiger partial charge in [-0.1, -0.05) is 19.1 Å². The maximum Gasteiger partial charge on any atom is 0.0398 e. The molecule has 0 aliphatic carbocycles. The summed E-state index contributed by atoms with van der Waals surface area (Å²) in [4.78, 5) is 2.59. The number of hydrogen-bond donors (Lipinski definition) is 1. The molecule has 1 fully saturated rings. The van der Waals surface area contributed by atoms with E-state index in [4.69, 9.17) is 0 Å². The van der Waals surface area contributed by atoms with Crippen molar-refractivity contribution in [2.75, 3.05) is 18.5 Å². The highest BCUT2D eigenvalue weighted by molar-refractivity contribution is 5.55. The number of aryl methyl sites for hydroxylation is 1. The summed E-state index contributed by atoms with van der Waals surface area (Å²) in [6.07, 6.45) is 2.69. The molecule has 2 heteroatoms. The number of benzene rings is 1. The molecule has 2 nitrogen and oxygen atoms in total. The Morgan fingerprint density at radius 3 is 2.78 bits per heavy atom. The van der Waals surface area contributed by atoms with Gasteiger partial charge in [0.2, 0.25) is 0 Å². The van der Waals surface area contributed by atoms with Crippen molar-refractivity contribution < 1.29 is 0 Å². The number of hydrogen-bond acceptors (Lipinski definition) is 2. The van der Waals surface area contributed by atoms with E-state index in [9.17, 15) is 0 Å². The van der Waals surface area contributed by atoms with Gasteiger partial charge in [-0.2, -0.15) is 0 Å². The number of rotatable bonds is 3. The molecular weight excluding hydrogens is 220 g/mol. The standard InChI is InChI=1S/C16H26N2/c1-12-6-5-9-18(14(12)3)16-8-7-15(11-17-4)10-13(16)2/h7-8,10,12,14,17H,5-6,9,11H2,1-4H3. The minimum absolute atomic E-state index is 0.660. The Kier molecular flexibility index (Phi) is 4.28. The van der Waals surface area contributed by atoms with Crippen LogP contribution in [0.15, 0.2) is 18.2 Å². The molecule has 18 heavy (non-hydrogen) atoms. The highest BCUT2D eigenvalue weighted by Gasteiger charge is 2.25. The minimum atomic E-state index is 0.660. The predicted octanol–water partition coefficient (Wildman–Crippen LogP) is 3.34. The Morgan fingerprint density at radius 1 is 1.33 bits per heavy atom. The van der Waals surface area contributed by atoms with Crippen LogP contribution in [0.5, 0.6) is 0 Å². The topological polar surface area (TPSA) is 15.3 Å². The van der Waals surface area contributed by atoms with E-state index >= 15 is 0 Å². The molecule has 0 bridgehead atoms. The van der Waals surface area contributed by atoms with E-state index in [-0.39, 0.29) is 0 Å². The van der Waals surface area contributed by atoms with E-state index in [1.54, 1.807) is 0 Å². The Balaban J connectivity index is 2.22. The van der Waals surface area contributed by atoms with Gasteiger partial charge in [-0.25, -0.2) is 0 Å². The lowest BCUT2D eigenvalue weighted by atomic mass is 9.91. The maximum absolute atomic E-state index is 3.21. The second-order valence-electron chi connectivity index (χ2n) is 5.70. The quantitative estimate of drug-likeness (QED) is 0.880. The fourth-order valence-electron chi connectivity index (χ4n) is 3.03. The van der Waals surface area contributed by atoms with Gasteiger partial charge in [0, 0.05) is 24.8 Å². The zero-order chi connectivity index (χ0) is 13.1. The molecule has 2 unspecified atom stereocenters. The largest absolute Gasteiger partial charge is 0.368 e. The molecule has 0 radical (unpaired) electrons. The fourth-order valence-corrected chi connectivity index (χ4v) is 3.03. The van der Waals surface area contributed by atoms with Crippen LogP contribution in [0, 0.1) is 12.8 Å². The monoisotopic (exact) mass is 246 g/mol. The van der Waals surface area contributed by atoms with Crippen LogP contribution in [0.2, 0.25) is 0 Å². The average molecular weight is 246 g/mol. The summed E-state index contributed by atoms with van der Waals surface area (Å²) >= 11 is 0. The van der Waals surface area contributed by atoms with Crippen LogP contribution in [0.3, 0.4) is 0 Å². The van der Waals surface area contributed by atoms with Crippen molar-refractivity contribution in [3.63, 3.8) is 0 Å². The lowest BCUT2D eigenvalue weighted by molar-refractivity contribution is 0.363. The molecule has 1 aromatic rings. The summed E-state index contributed by atoms with van der Waals surface area (Å²) in [7, 11) is 2.00. The molecule has 2 rings (SSSR count). The van der Waals surface area contributed by atoms with Crippen molar-refractivity contribution >= 4 is 5.69 Å². The summed E-state index contributed by atoms with van der Waals surface area (Å²) < 4.78 is 0. The van der Waals surface area contributed by atoms with Crippen molar-refractivity contribution in [1.82, 2.24) is 5.32 Å². The van der Waals surface area contributed by atoms with E-state index in [1.807, 2.05) is 7.05 Å². The third-order valence-electron chi connectivity index (χ3n) is 4.33. The van der Waals surface area contributed by atoms with E-state index in [0.29, 0.717) is 6.04 Å². The third kappa shape index (κ3) is 2.69. The molecule has 100 valence electrons. The molecule has 1 heterocycles. The average Bonchev–Trinajstić information content (AvgIpc) is 2.34. The number of nitrogens with zero attached hydrogens (tertiary/aromatic N) is 1. The van der Waals surface area contributed by atoms with Crippen molar-refractivity contribution in [2.24, 2.45) is 5.92 Å². The predicted molar refractivity (Wildman–Crippen MR) is 79.1 cm³/mol. The highest BCUT2D eigenvalue weighted by Crippen LogP contribution is 2.30. The Bertz CT molecular complexity index is 400. The molecule has 0 amide bonds. The molecule has 0 aromatic heterocycles. The van der Waals surface area contributed by atoms with Gasteiger partial charge in [0.1, 0.15) is 0 Å². The van der Waals surface area contributed by atoms with E-state index < -0.39 is 0 Å². The Labute approximate surface area is 111 Å². The molecule has 1 aliphatic heterocycles. The number of anilines is 1. The summed E-state index contributed by atoms with van der Waals surface area (Å²) in [6, 6.07) is 7.53. The van der Waals surface area contributed by atoms with Crippen molar-refractivity contribution in [1.29, 1.82) is 0 Å². The van der Waals surface area contributed by atoms with Gasteiger partial charge in [-0.3, -0.25) is 0 Å². The van der Waals surface area contributed by atoms with Gasteiger partial charge in [-0.05, 0) is 56.8 Å². The molecule has 2 atom stereocenters. The number of piperidine rings is 1. The molecular formula is C16H26N2. The van der Waals surface area contributed by atoms with Crippen LogP contribution < -0.4 is 10.2 Å². The van der Waals surface area contributed by atoms with Crippen LogP contribution >= 0.6 is 0 Å². The second-order valence-corrected chi connectivity index (χ2v) is 5.70. The lowest BCUT2D eigenvalue weighted by Crippen LogP contribution is -2.42. The molecule has 1 aromatic carbocycles. The lowest BCUT2D eigenvalue weighted by Gasteiger charge is -2.40. The third-order valence-corrected chi connectivity index (χ3v) is 4.33. The molecule has 1 aliphatic rings. The fraction of sp³-hybridized carbons (Fsp3) is 0.625. The molecule has 0 spiro atoms. The van der Waals surface area contributed by atoms with Crippen molar-refractivity contribution in [3.8, 4) is 0 Å². The Morgan fingerprint density at radius 2 is 2.11 bits per heavy atom. The normalized spacial score (nSPS) is 24.3. The summed E-state index contributed by atoms with van der Waals surface area (Å²) in [6.45, 7) is 9.14. The van der Waals surface area contributed by atoms with Gasteiger partial charge in [-0.15, -0.1) is 0 Å². The maximum atomic E-state index is 3.21. The van der Waals surface area contributed by atoms with Crippen LogP contribution in [0.4, 0.5) is 5.69 Å².